The first-order chi connectivity index (χ1) is 7.50. The van der Waals surface area contributed by atoms with Crippen LogP contribution < -0.4 is 5.32 Å². The number of rotatable bonds is 9. The molecule has 0 aromatic heterocycles. The molecule has 1 atom stereocenters. The third-order valence-corrected chi connectivity index (χ3v) is 4.75. The van der Waals surface area contributed by atoms with E-state index < -0.39 is 15.3 Å². The molecule has 0 radical (unpaired) electrons. The van der Waals surface area contributed by atoms with E-state index in [4.69, 9.17) is 4.74 Å². The molecular weight excluding hydrogens is 228 g/mol. The van der Waals surface area contributed by atoms with Crippen molar-refractivity contribution in [2.45, 2.75) is 26.0 Å². The van der Waals surface area contributed by atoms with Gasteiger partial charge in [-0.05, 0) is 20.9 Å². The summed E-state index contributed by atoms with van der Waals surface area (Å²) in [6, 6.07) is 0. The molecule has 0 spiro atoms. The fraction of sp³-hybridized carbons (Fsp3) is 1.00. The Morgan fingerprint density at radius 3 is 2.44 bits per heavy atom. The Morgan fingerprint density at radius 1 is 1.38 bits per heavy atom. The van der Waals surface area contributed by atoms with Gasteiger partial charge in [0.05, 0.1) is 11.9 Å². The Bertz CT molecular complexity index is 267. The maximum Gasteiger partial charge on any atom is 0.218 e. The summed E-state index contributed by atoms with van der Waals surface area (Å²) in [6.07, 6.45) is 0. The van der Waals surface area contributed by atoms with Crippen molar-refractivity contribution in [3.05, 3.63) is 0 Å². The van der Waals surface area contributed by atoms with Crippen molar-refractivity contribution in [2.24, 2.45) is 0 Å². The highest BCUT2D eigenvalue weighted by Crippen LogP contribution is 2.07. The molecule has 0 amide bonds. The average Bonchev–Trinajstić information content (AvgIpc) is 2.24. The van der Waals surface area contributed by atoms with Gasteiger partial charge in [0.15, 0.2) is 0 Å². The van der Waals surface area contributed by atoms with Gasteiger partial charge >= 0.3 is 0 Å². The van der Waals surface area contributed by atoms with Gasteiger partial charge in [0, 0.05) is 26.2 Å². The largest absolute Gasteiger partial charge is 0.380 e. The number of hydrogen-bond acceptors (Lipinski definition) is 4. The van der Waals surface area contributed by atoms with Crippen LogP contribution in [-0.2, 0) is 14.8 Å². The predicted molar refractivity (Wildman–Crippen MR) is 66.0 cm³/mol. The molecule has 0 aliphatic carbocycles. The van der Waals surface area contributed by atoms with Crippen molar-refractivity contribution in [2.75, 3.05) is 39.9 Å². The molecule has 0 aromatic carbocycles. The number of sulfonamides is 1. The zero-order valence-electron chi connectivity index (χ0n) is 10.7. The van der Waals surface area contributed by atoms with Gasteiger partial charge in [0.1, 0.15) is 0 Å². The van der Waals surface area contributed by atoms with Gasteiger partial charge in [0.25, 0.3) is 0 Å². The molecule has 0 saturated carbocycles. The minimum absolute atomic E-state index is 0.404. The lowest BCUT2D eigenvalue weighted by Gasteiger charge is -2.24. The summed E-state index contributed by atoms with van der Waals surface area (Å²) in [5, 5.41) is 2.48. The Balaban J connectivity index is 4.42. The van der Waals surface area contributed by atoms with Crippen molar-refractivity contribution in [3.63, 3.8) is 0 Å². The smallest absolute Gasteiger partial charge is 0.218 e. The van der Waals surface area contributed by atoms with E-state index in [9.17, 15) is 8.42 Å². The summed E-state index contributed by atoms with van der Waals surface area (Å²) in [5.41, 5.74) is 0. The molecule has 1 unspecified atom stereocenters. The van der Waals surface area contributed by atoms with E-state index >= 15 is 0 Å². The van der Waals surface area contributed by atoms with Crippen LogP contribution >= 0.6 is 0 Å². The topological polar surface area (TPSA) is 58.6 Å². The molecule has 0 fully saturated rings. The van der Waals surface area contributed by atoms with E-state index in [1.807, 2.05) is 13.8 Å². The van der Waals surface area contributed by atoms with E-state index in [-0.39, 0.29) is 0 Å². The van der Waals surface area contributed by atoms with Crippen molar-refractivity contribution in [1.29, 1.82) is 0 Å². The minimum Gasteiger partial charge on any atom is -0.380 e. The highest BCUT2D eigenvalue weighted by Gasteiger charge is 2.26. The summed E-state index contributed by atoms with van der Waals surface area (Å²) in [4.78, 5) is 0. The molecule has 0 rings (SSSR count). The van der Waals surface area contributed by atoms with E-state index in [2.05, 4.69) is 5.32 Å². The predicted octanol–water partition coefficient (Wildman–Crippen LogP) is 0.283. The molecule has 0 saturated heterocycles. The molecule has 0 aliphatic heterocycles. The van der Waals surface area contributed by atoms with Crippen molar-refractivity contribution in [1.82, 2.24) is 9.62 Å². The molecule has 0 aliphatic rings. The number of likely N-dealkylation sites (N-methyl/N-ethyl adjacent to an activating group) is 1. The van der Waals surface area contributed by atoms with Crippen LogP contribution in [-0.4, -0.2) is 57.9 Å². The van der Waals surface area contributed by atoms with Gasteiger partial charge in [0.2, 0.25) is 10.0 Å². The maximum absolute atomic E-state index is 12.1. The van der Waals surface area contributed by atoms with Crippen LogP contribution in [0.4, 0.5) is 0 Å². The lowest BCUT2D eigenvalue weighted by atomic mass is 10.5. The highest BCUT2D eigenvalue weighted by atomic mass is 32.2. The molecule has 16 heavy (non-hydrogen) atoms. The van der Waals surface area contributed by atoms with E-state index in [0.717, 1.165) is 0 Å². The lowest BCUT2D eigenvalue weighted by Crippen LogP contribution is -2.42. The van der Waals surface area contributed by atoms with Crippen LogP contribution in [0.25, 0.3) is 0 Å². The van der Waals surface area contributed by atoms with Crippen LogP contribution in [0.3, 0.4) is 0 Å². The quantitative estimate of drug-likeness (QED) is 0.599. The number of ether oxygens (including phenoxy) is 1. The molecular formula is C10H24N2O3S. The molecule has 0 bridgehead atoms. The lowest BCUT2D eigenvalue weighted by molar-refractivity contribution is 0.135. The Morgan fingerprint density at radius 2 is 2.00 bits per heavy atom. The molecule has 0 aromatic rings. The first kappa shape index (κ1) is 15.8. The van der Waals surface area contributed by atoms with Gasteiger partial charge in [-0.3, -0.25) is 0 Å². The number of nitrogens with one attached hydrogen (secondary N) is 1. The molecule has 0 heterocycles. The normalized spacial score (nSPS) is 14.3. The Labute approximate surface area is 99.2 Å². The van der Waals surface area contributed by atoms with Crippen molar-refractivity contribution in [3.8, 4) is 0 Å². The second-order valence-electron chi connectivity index (χ2n) is 3.60. The van der Waals surface area contributed by atoms with Crippen molar-refractivity contribution >= 4 is 10.0 Å². The Kier molecular flexibility index (Phi) is 7.91. The first-order valence-electron chi connectivity index (χ1n) is 5.71. The fourth-order valence-corrected chi connectivity index (χ4v) is 3.00. The second kappa shape index (κ2) is 8.00. The van der Waals surface area contributed by atoms with E-state index in [1.165, 1.54) is 4.31 Å². The van der Waals surface area contributed by atoms with Crippen LogP contribution in [0.15, 0.2) is 0 Å². The van der Waals surface area contributed by atoms with Crippen LogP contribution in [0.1, 0.15) is 20.8 Å². The fourth-order valence-electron chi connectivity index (χ4n) is 1.42. The molecule has 98 valence electrons. The first-order valence-corrected chi connectivity index (χ1v) is 7.22. The SMILES string of the molecule is CCOCCN(CC)S(=O)(=O)C(C)CNC. The van der Waals surface area contributed by atoms with Crippen molar-refractivity contribution < 1.29 is 13.2 Å². The van der Waals surface area contributed by atoms with Gasteiger partial charge in [-0.2, -0.15) is 4.31 Å². The highest BCUT2D eigenvalue weighted by molar-refractivity contribution is 7.89. The third-order valence-electron chi connectivity index (χ3n) is 2.40. The van der Waals surface area contributed by atoms with Crippen LogP contribution in [0, 0.1) is 0 Å². The number of nitrogens with zero attached hydrogens (tertiary/aromatic N) is 1. The van der Waals surface area contributed by atoms with Gasteiger partial charge < -0.3 is 10.1 Å². The molecule has 1 N–H and O–H groups in total. The number of hydrogen-bond donors (Lipinski definition) is 1. The van der Waals surface area contributed by atoms with E-state index in [0.29, 0.717) is 32.8 Å². The summed E-state index contributed by atoms with van der Waals surface area (Å²) >= 11 is 0. The van der Waals surface area contributed by atoms with Crippen LogP contribution in [0.5, 0.6) is 0 Å². The third kappa shape index (κ3) is 4.78. The van der Waals surface area contributed by atoms with Gasteiger partial charge in [-0.1, -0.05) is 6.92 Å². The zero-order valence-corrected chi connectivity index (χ0v) is 11.5. The average molecular weight is 252 g/mol. The standard InChI is InChI=1S/C10H24N2O3S/c1-5-12(7-8-15-6-2)16(13,14)10(3)9-11-4/h10-11H,5-9H2,1-4H3. The minimum atomic E-state index is -3.20. The van der Waals surface area contributed by atoms with E-state index in [1.54, 1.807) is 14.0 Å². The van der Waals surface area contributed by atoms with Crippen LogP contribution in [0.2, 0.25) is 0 Å². The zero-order chi connectivity index (χ0) is 12.6. The summed E-state index contributed by atoms with van der Waals surface area (Å²) in [7, 11) is -1.45. The molecule has 5 nitrogen and oxygen atoms in total. The summed E-state index contributed by atoms with van der Waals surface area (Å²) in [5.74, 6) is 0. The summed E-state index contributed by atoms with van der Waals surface area (Å²) in [6.45, 7) is 7.91. The van der Waals surface area contributed by atoms with Gasteiger partial charge in [-0.25, -0.2) is 8.42 Å². The second-order valence-corrected chi connectivity index (χ2v) is 5.95. The summed E-state index contributed by atoms with van der Waals surface area (Å²) < 4.78 is 30.8. The Hall–Kier alpha value is -0.170. The molecule has 6 heteroatoms. The van der Waals surface area contributed by atoms with Gasteiger partial charge in [-0.15, -0.1) is 0 Å². The maximum atomic E-state index is 12.1. The monoisotopic (exact) mass is 252 g/mol.